The minimum atomic E-state index is -0.148. The van der Waals surface area contributed by atoms with Crippen LogP contribution in [0.5, 0.6) is 0 Å². The quantitative estimate of drug-likeness (QED) is 0.784. The van der Waals surface area contributed by atoms with E-state index >= 15 is 0 Å². The number of hydrogen-bond acceptors (Lipinski definition) is 5. The molecule has 0 aliphatic heterocycles. The molecule has 1 heterocycles. The molecule has 0 atom stereocenters. The number of thiazole rings is 1. The molecule has 20 heavy (non-hydrogen) atoms. The molecule has 0 radical (unpaired) electrons. The highest BCUT2D eigenvalue weighted by atomic mass is 32.1. The molecule has 0 spiro atoms. The van der Waals surface area contributed by atoms with E-state index in [-0.39, 0.29) is 11.8 Å². The fourth-order valence-corrected chi connectivity index (χ4v) is 2.62. The predicted octanol–water partition coefficient (Wildman–Crippen LogP) is 1.80. The molecule has 3 N–H and O–H groups in total. The van der Waals surface area contributed by atoms with Gasteiger partial charge in [-0.3, -0.25) is 9.59 Å². The fourth-order valence-electron chi connectivity index (χ4n) is 1.67. The number of fused-ring (bicyclic) bond motifs is 1. The number of aromatic nitrogens is 1. The smallest absolute Gasteiger partial charge is 0.225 e. The molecule has 0 saturated heterocycles. The van der Waals surface area contributed by atoms with Gasteiger partial charge in [-0.25, -0.2) is 4.98 Å². The lowest BCUT2D eigenvalue weighted by molar-refractivity contribution is -0.116. The summed E-state index contributed by atoms with van der Waals surface area (Å²) in [6.07, 6.45) is 0.425. The Morgan fingerprint density at radius 1 is 1.30 bits per heavy atom. The molecule has 106 valence electrons. The number of amides is 2. The zero-order valence-electron chi connectivity index (χ0n) is 11.3. The lowest BCUT2D eigenvalue weighted by atomic mass is 10.3. The third kappa shape index (κ3) is 3.75. The topological polar surface area (TPSA) is 83.1 Å². The van der Waals surface area contributed by atoms with Crippen molar-refractivity contribution in [1.82, 2.24) is 10.3 Å². The van der Waals surface area contributed by atoms with E-state index in [1.807, 2.05) is 12.1 Å². The first-order valence-electron chi connectivity index (χ1n) is 6.21. The molecule has 7 heteroatoms. The van der Waals surface area contributed by atoms with Crippen molar-refractivity contribution < 1.29 is 9.59 Å². The summed E-state index contributed by atoms with van der Waals surface area (Å²) in [4.78, 5) is 26.9. The minimum Gasteiger partial charge on any atom is -0.326 e. The number of carbonyl (C=O) groups is 2. The Bertz CT molecular complexity index is 638. The lowest BCUT2D eigenvalue weighted by Gasteiger charge is -2.04. The monoisotopic (exact) mass is 292 g/mol. The van der Waals surface area contributed by atoms with Gasteiger partial charge in [0.1, 0.15) is 0 Å². The van der Waals surface area contributed by atoms with Gasteiger partial charge in [0, 0.05) is 25.6 Å². The first-order chi connectivity index (χ1) is 9.58. The summed E-state index contributed by atoms with van der Waals surface area (Å²) in [5, 5.41) is 8.97. The molecule has 1 aromatic carbocycles. The van der Waals surface area contributed by atoms with Crippen molar-refractivity contribution in [3.05, 3.63) is 18.2 Å². The maximum atomic E-state index is 11.6. The first-order valence-corrected chi connectivity index (χ1v) is 7.03. The Kier molecular flexibility index (Phi) is 4.65. The predicted molar refractivity (Wildman–Crippen MR) is 81.1 cm³/mol. The molecule has 2 rings (SSSR count). The SMILES string of the molecule is CNCCC(=O)Nc1ccc2nc(NC(C)=O)sc2c1. The third-order valence-electron chi connectivity index (χ3n) is 2.56. The number of rotatable bonds is 5. The van der Waals surface area contributed by atoms with Crippen molar-refractivity contribution in [3.63, 3.8) is 0 Å². The second kappa shape index (κ2) is 6.44. The molecule has 0 unspecified atom stereocenters. The Morgan fingerprint density at radius 2 is 2.10 bits per heavy atom. The van der Waals surface area contributed by atoms with E-state index in [9.17, 15) is 9.59 Å². The molecule has 6 nitrogen and oxygen atoms in total. The van der Waals surface area contributed by atoms with Gasteiger partial charge >= 0.3 is 0 Å². The molecular formula is C13H16N4O2S. The zero-order chi connectivity index (χ0) is 14.5. The summed E-state index contributed by atoms with van der Waals surface area (Å²) in [5.74, 6) is -0.185. The normalized spacial score (nSPS) is 10.5. The highest BCUT2D eigenvalue weighted by molar-refractivity contribution is 7.22. The van der Waals surface area contributed by atoms with E-state index < -0.39 is 0 Å². The number of benzene rings is 1. The average Bonchev–Trinajstić information content (AvgIpc) is 2.76. The van der Waals surface area contributed by atoms with Crippen LogP contribution in [-0.2, 0) is 9.59 Å². The van der Waals surface area contributed by atoms with Crippen molar-refractivity contribution >= 4 is 44.2 Å². The van der Waals surface area contributed by atoms with Crippen molar-refractivity contribution in [2.45, 2.75) is 13.3 Å². The standard InChI is InChI=1S/C13H16N4O2S/c1-8(18)15-13-17-10-4-3-9(7-11(10)20-13)16-12(19)5-6-14-2/h3-4,7,14H,5-6H2,1-2H3,(H,16,19)(H,15,17,18). The number of carbonyl (C=O) groups excluding carboxylic acids is 2. The summed E-state index contributed by atoms with van der Waals surface area (Å²) < 4.78 is 0.917. The summed E-state index contributed by atoms with van der Waals surface area (Å²) >= 11 is 1.38. The second-order valence-electron chi connectivity index (χ2n) is 4.28. The Hall–Kier alpha value is -1.99. The molecule has 0 fully saturated rings. The van der Waals surface area contributed by atoms with Crippen LogP contribution in [0.2, 0.25) is 0 Å². The van der Waals surface area contributed by atoms with Crippen LogP contribution in [0.3, 0.4) is 0 Å². The largest absolute Gasteiger partial charge is 0.326 e. The molecule has 1 aromatic heterocycles. The van der Waals surface area contributed by atoms with E-state index in [4.69, 9.17) is 0 Å². The van der Waals surface area contributed by atoms with Gasteiger partial charge in [-0.2, -0.15) is 0 Å². The highest BCUT2D eigenvalue weighted by Crippen LogP contribution is 2.28. The number of nitrogens with zero attached hydrogens (tertiary/aromatic N) is 1. The summed E-state index contributed by atoms with van der Waals surface area (Å²) in [7, 11) is 1.81. The Morgan fingerprint density at radius 3 is 2.80 bits per heavy atom. The highest BCUT2D eigenvalue weighted by Gasteiger charge is 2.07. The fraction of sp³-hybridized carbons (Fsp3) is 0.308. The van der Waals surface area contributed by atoms with Crippen LogP contribution in [0.4, 0.5) is 10.8 Å². The van der Waals surface area contributed by atoms with Crippen LogP contribution in [0.1, 0.15) is 13.3 Å². The van der Waals surface area contributed by atoms with Crippen molar-refractivity contribution in [3.8, 4) is 0 Å². The van der Waals surface area contributed by atoms with Crippen LogP contribution in [0.25, 0.3) is 10.2 Å². The van der Waals surface area contributed by atoms with Crippen molar-refractivity contribution in [2.75, 3.05) is 24.2 Å². The van der Waals surface area contributed by atoms with Crippen molar-refractivity contribution in [2.24, 2.45) is 0 Å². The minimum absolute atomic E-state index is 0.0368. The van der Waals surface area contributed by atoms with E-state index in [0.717, 1.165) is 15.9 Å². The van der Waals surface area contributed by atoms with Gasteiger partial charge in [0.15, 0.2) is 5.13 Å². The van der Waals surface area contributed by atoms with Gasteiger partial charge < -0.3 is 16.0 Å². The van der Waals surface area contributed by atoms with E-state index in [1.165, 1.54) is 18.3 Å². The Balaban J connectivity index is 2.12. The van der Waals surface area contributed by atoms with Crippen LogP contribution in [0.15, 0.2) is 18.2 Å². The van der Waals surface area contributed by atoms with Crippen LogP contribution in [-0.4, -0.2) is 30.4 Å². The van der Waals surface area contributed by atoms with Gasteiger partial charge in [-0.1, -0.05) is 11.3 Å². The maximum absolute atomic E-state index is 11.6. The van der Waals surface area contributed by atoms with E-state index in [2.05, 4.69) is 20.9 Å². The van der Waals surface area contributed by atoms with Gasteiger partial charge in [-0.05, 0) is 25.2 Å². The molecule has 2 amide bonds. The van der Waals surface area contributed by atoms with Gasteiger partial charge in [-0.15, -0.1) is 0 Å². The van der Waals surface area contributed by atoms with Crippen LogP contribution in [0, 0.1) is 0 Å². The Labute approximate surface area is 120 Å². The van der Waals surface area contributed by atoms with Gasteiger partial charge in [0.25, 0.3) is 0 Å². The molecule has 0 saturated carbocycles. The lowest BCUT2D eigenvalue weighted by Crippen LogP contribution is -2.18. The molecule has 2 aromatic rings. The molecule has 0 bridgehead atoms. The summed E-state index contributed by atoms with van der Waals surface area (Å²) in [5.41, 5.74) is 1.53. The van der Waals surface area contributed by atoms with Crippen LogP contribution < -0.4 is 16.0 Å². The van der Waals surface area contributed by atoms with Crippen LogP contribution >= 0.6 is 11.3 Å². The molecule has 0 aliphatic carbocycles. The molecule has 0 aliphatic rings. The first kappa shape index (κ1) is 14.4. The number of hydrogen-bond donors (Lipinski definition) is 3. The summed E-state index contributed by atoms with van der Waals surface area (Å²) in [6.45, 7) is 2.08. The van der Waals surface area contributed by atoms with E-state index in [1.54, 1.807) is 13.1 Å². The number of anilines is 2. The van der Waals surface area contributed by atoms with Crippen molar-refractivity contribution in [1.29, 1.82) is 0 Å². The molecular weight excluding hydrogens is 276 g/mol. The maximum Gasteiger partial charge on any atom is 0.225 e. The third-order valence-corrected chi connectivity index (χ3v) is 3.49. The average molecular weight is 292 g/mol. The van der Waals surface area contributed by atoms with E-state index in [0.29, 0.717) is 18.1 Å². The van der Waals surface area contributed by atoms with Gasteiger partial charge in [0.05, 0.1) is 10.2 Å². The van der Waals surface area contributed by atoms with Gasteiger partial charge in [0.2, 0.25) is 11.8 Å². The number of nitrogens with one attached hydrogen (secondary N) is 3. The zero-order valence-corrected chi connectivity index (χ0v) is 12.1. The summed E-state index contributed by atoms with van der Waals surface area (Å²) in [6, 6.07) is 5.48. The second-order valence-corrected chi connectivity index (χ2v) is 5.32.